The molecule has 0 heterocycles. The molecule has 0 spiro atoms. The van der Waals surface area contributed by atoms with Gasteiger partial charge in [-0.2, -0.15) is 0 Å². The van der Waals surface area contributed by atoms with Gasteiger partial charge in [0.05, 0.1) is 7.11 Å². The molecule has 1 N–H and O–H groups in total. The van der Waals surface area contributed by atoms with Crippen LogP contribution < -0.4 is 14.8 Å². The number of aryl methyl sites for hydroxylation is 1. The first-order chi connectivity index (χ1) is 12.0. The Kier molecular flexibility index (Phi) is 7.02. The molecule has 4 heteroatoms. The number of carbonyl (C=O) groups is 1. The van der Waals surface area contributed by atoms with Crippen molar-refractivity contribution in [3.63, 3.8) is 0 Å². The largest absolute Gasteiger partial charge is 0.496 e. The summed E-state index contributed by atoms with van der Waals surface area (Å²) in [6.45, 7) is 6.86. The van der Waals surface area contributed by atoms with E-state index in [1.807, 2.05) is 44.2 Å². The Morgan fingerprint density at radius 1 is 1.20 bits per heavy atom. The highest BCUT2D eigenvalue weighted by Crippen LogP contribution is 2.22. The van der Waals surface area contributed by atoms with E-state index in [0.29, 0.717) is 12.2 Å². The molecule has 134 valence electrons. The van der Waals surface area contributed by atoms with Crippen molar-refractivity contribution < 1.29 is 14.3 Å². The Morgan fingerprint density at radius 3 is 2.68 bits per heavy atom. The third kappa shape index (κ3) is 5.61. The first-order valence-electron chi connectivity index (χ1n) is 8.71. The van der Waals surface area contributed by atoms with Crippen molar-refractivity contribution in [2.24, 2.45) is 0 Å². The van der Waals surface area contributed by atoms with Gasteiger partial charge in [-0.3, -0.25) is 4.79 Å². The summed E-state index contributed by atoms with van der Waals surface area (Å²) in [7, 11) is 1.68. The highest BCUT2D eigenvalue weighted by atomic mass is 16.5. The van der Waals surface area contributed by atoms with Gasteiger partial charge in [0, 0.05) is 19.0 Å². The van der Waals surface area contributed by atoms with E-state index in [1.165, 1.54) is 5.56 Å². The summed E-state index contributed by atoms with van der Waals surface area (Å²) in [5.41, 5.74) is 3.42. The molecule has 2 aromatic carbocycles. The van der Waals surface area contributed by atoms with Crippen LogP contribution in [0.3, 0.4) is 0 Å². The van der Waals surface area contributed by atoms with Crippen molar-refractivity contribution in [3.05, 3.63) is 59.2 Å². The molecule has 1 atom stereocenters. The summed E-state index contributed by atoms with van der Waals surface area (Å²) in [6, 6.07) is 14.0. The molecule has 0 saturated heterocycles. The summed E-state index contributed by atoms with van der Waals surface area (Å²) in [4.78, 5) is 11.6. The quantitative estimate of drug-likeness (QED) is 0.565. The third-order valence-corrected chi connectivity index (χ3v) is 4.12. The zero-order valence-electron chi connectivity index (χ0n) is 15.5. The molecule has 0 aliphatic heterocycles. The standard InChI is InChI=1S/C21H27NO3/c1-5-7-21(23)25-19-9-6-8-18(13-19)16(3)22-14-17-10-11-20(24-4)15(2)12-17/h6,8-13,16,22H,5,7,14H2,1-4H3. The number of esters is 1. The summed E-state index contributed by atoms with van der Waals surface area (Å²) in [5.74, 6) is 1.32. The van der Waals surface area contributed by atoms with Crippen LogP contribution in [0.2, 0.25) is 0 Å². The maximum Gasteiger partial charge on any atom is 0.311 e. The number of benzene rings is 2. The Morgan fingerprint density at radius 2 is 2.00 bits per heavy atom. The summed E-state index contributed by atoms with van der Waals surface area (Å²) >= 11 is 0. The van der Waals surface area contributed by atoms with Crippen molar-refractivity contribution in [2.75, 3.05) is 7.11 Å². The van der Waals surface area contributed by atoms with E-state index in [4.69, 9.17) is 9.47 Å². The van der Waals surface area contributed by atoms with Gasteiger partial charge in [0.25, 0.3) is 0 Å². The van der Waals surface area contributed by atoms with Crippen molar-refractivity contribution >= 4 is 5.97 Å². The number of ether oxygens (including phenoxy) is 2. The molecule has 2 rings (SSSR count). The number of methoxy groups -OCH3 is 1. The van der Waals surface area contributed by atoms with Crippen LogP contribution in [-0.2, 0) is 11.3 Å². The van der Waals surface area contributed by atoms with Gasteiger partial charge >= 0.3 is 5.97 Å². The molecule has 2 aromatic rings. The van der Waals surface area contributed by atoms with Crippen molar-refractivity contribution in [2.45, 2.75) is 46.2 Å². The molecule has 4 nitrogen and oxygen atoms in total. The average molecular weight is 341 g/mol. The first-order valence-corrected chi connectivity index (χ1v) is 8.71. The van der Waals surface area contributed by atoms with Crippen LogP contribution in [0, 0.1) is 6.92 Å². The maximum absolute atomic E-state index is 11.6. The highest BCUT2D eigenvalue weighted by Gasteiger charge is 2.09. The minimum Gasteiger partial charge on any atom is -0.496 e. The maximum atomic E-state index is 11.6. The van der Waals surface area contributed by atoms with E-state index in [0.717, 1.165) is 29.8 Å². The molecule has 25 heavy (non-hydrogen) atoms. The van der Waals surface area contributed by atoms with E-state index < -0.39 is 0 Å². The minimum atomic E-state index is -0.186. The molecule has 0 bridgehead atoms. The number of carbonyl (C=O) groups excluding carboxylic acids is 1. The number of hydrogen-bond donors (Lipinski definition) is 1. The van der Waals surface area contributed by atoms with Crippen LogP contribution in [0.4, 0.5) is 0 Å². The molecule has 0 amide bonds. The lowest BCUT2D eigenvalue weighted by molar-refractivity contribution is -0.134. The van der Waals surface area contributed by atoms with Gasteiger partial charge in [0.1, 0.15) is 11.5 Å². The molecular formula is C21H27NO3. The van der Waals surface area contributed by atoms with Crippen molar-refractivity contribution in [1.29, 1.82) is 0 Å². The van der Waals surface area contributed by atoms with Crippen LogP contribution in [0.25, 0.3) is 0 Å². The van der Waals surface area contributed by atoms with Crippen LogP contribution in [0.5, 0.6) is 11.5 Å². The van der Waals surface area contributed by atoms with E-state index in [2.05, 4.69) is 24.4 Å². The van der Waals surface area contributed by atoms with Crippen LogP contribution in [-0.4, -0.2) is 13.1 Å². The fraction of sp³-hybridized carbons (Fsp3) is 0.381. The van der Waals surface area contributed by atoms with Crippen LogP contribution in [0.15, 0.2) is 42.5 Å². The normalized spacial score (nSPS) is 11.8. The Bertz CT molecular complexity index is 712. The number of hydrogen-bond acceptors (Lipinski definition) is 4. The minimum absolute atomic E-state index is 0.146. The molecule has 0 aromatic heterocycles. The molecule has 0 aliphatic carbocycles. The lowest BCUT2D eigenvalue weighted by atomic mass is 10.1. The van der Waals surface area contributed by atoms with E-state index >= 15 is 0 Å². The van der Waals surface area contributed by atoms with Crippen molar-refractivity contribution in [3.8, 4) is 11.5 Å². The predicted molar refractivity (Wildman–Crippen MR) is 100.0 cm³/mol. The zero-order valence-corrected chi connectivity index (χ0v) is 15.5. The molecule has 1 unspecified atom stereocenters. The summed E-state index contributed by atoms with van der Waals surface area (Å²) < 4.78 is 10.7. The first kappa shape index (κ1) is 19.0. The summed E-state index contributed by atoms with van der Waals surface area (Å²) in [6.07, 6.45) is 1.23. The Hall–Kier alpha value is -2.33. The predicted octanol–water partition coefficient (Wildman–Crippen LogP) is 4.56. The second-order valence-electron chi connectivity index (χ2n) is 6.20. The highest BCUT2D eigenvalue weighted by molar-refractivity contribution is 5.72. The van der Waals surface area contributed by atoms with Gasteiger partial charge in [-0.25, -0.2) is 0 Å². The monoisotopic (exact) mass is 341 g/mol. The van der Waals surface area contributed by atoms with Crippen LogP contribution in [0.1, 0.15) is 49.4 Å². The van der Waals surface area contributed by atoms with Gasteiger partial charge in [0.2, 0.25) is 0 Å². The van der Waals surface area contributed by atoms with Crippen LogP contribution >= 0.6 is 0 Å². The zero-order chi connectivity index (χ0) is 18.2. The Balaban J connectivity index is 1.97. The molecule has 0 saturated carbocycles. The van der Waals surface area contributed by atoms with E-state index in [9.17, 15) is 4.79 Å². The lowest BCUT2D eigenvalue weighted by Gasteiger charge is -2.16. The van der Waals surface area contributed by atoms with E-state index in [1.54, 1.807) is 7.11 Å². The number of rotatable bonds is 8. The van der Waals surface area contributed by atoms with E-state index in [-0.39, 0.29) is 12.0 Å². The van der Waals surface area contributed by atoms with Gasteiger partial charge in [-0.1, -0.05) is 31.2 Å². The molecule has 0 fully saturated rings. The fourth-order valence-electron chi connectivity index (χ4n) is 2.67. The van der Waals surface area contributed by atoms with Gasteiger partial charge in [-0.05, 0) is 55.2 Å². The molecule has 0 radical (unpaired) electrons. The SMILES string of the molecule is CCCC(=O)Oc1cccc(C(C)NCc2ccc(OC)c(C)c2)c1. The second-order valence-corrected chi connectivity index (χ2v) is 6.20. The second kappa shape index (κ2) is 9.23. The topological polar surface area (TPSA) is 47.6 Å². The Labute approximate surface area is 150 Å². The smallest absolute Gasteiger partial charge is 0.311 e. The molecular weight excluding hydrogens is 314 g/mol. The average Bonchev–Trinajstić information content (AvgIpc) is 2.60. The number of nitrogens with one attached hydrogen (secondary N) is 1. The molecule has 0 aliphatic rings. The van der Waals surface area contributed by atoms with Gasteiger partial charge in [0.15, 0.2) is 0 Å². The van der Waals surface area contributed by atoms with Crippen molar-refractivity contribution in [1.82, 2.24) is 5.32 Å². The summed E-state index contributed by atoms with van der Waals surface area (Å²) in [5, 5.41) is 3.50. The fourth-order valence-corrected chi connectivity index (χ4v) is 2.67. The third-order valence-electron chi connectivity index (χ3n) is 4.12. The van der Waals surface area contributed by atoms with Gasteiger partial charge < -0.3 is 14.8 Å². The lowest BCUT2D eigenvalue weighted by Crippen LogP contribution is -2.18. The van der Waals surface area contributed by atoms with Gasteiger partial charge in [-0.15, -0.1) is 0 Å².